The van der Waals surface area contributed by atoms with Crippen molar-refractivity contribution in [2.75, 3.05) is 33.0 Å². The van der Waals surface area contributed by atoms with Gasteiger partial charge in [-0.1, -0.05) is 36.4 Å². The zero-order chi connectivity index (χ0) is 24.0. The van der Waals surface area contributed by atoms with Crippen molar-refractivity contribution in [3.05, 3.63) is 89.2 Å². The first kappa shape index (κ1) is 23.2. The predicted octanol–water partition coefficient (Wildman–Crippen LogP) is 4.30. The lowest BCUT2D eigenvalue weighted by atomic mass is 9.81. The molecule has 0 radical (unpaired) electrons. The van der Waals surface area contributed by atoms with Gasteiger partial charge in [0.1, 0.15) is 11.6 Å². The Morgan fingerprint density at radius 1 is 1.06 bits per heavy atom. The number of fused-ring (bicyclic) bond motifs is 1. The summed E-state index contributed by atoms with van der Waals surface area (Å²) < 4.78 is 31.5. The number of amides is 1. The van der Waals surface area contributed by atoms with E-state index in [2.05, 4.69) is 10.6 Å². The number of hydrogen-bond acceptors (Lipinski definition) is 5. The van der Waals surface area contributed by atoms with Crippen LogP contribution in [0.2, 0.25) is 0 Å². The van der Waals surface area contributed by atoms with Crippen molar-refractivity contribution >= 4 is 5.91 Å². The van der Waals surface area contributed by atoms with Gasteiger partial charge in [0.25, 0.3) is 5.91 Å². The molecule has 3 aromatic carbocycles. The molecule has 2 heterocycles. The van der Waals surface area contributed by atoms with Crippen LogP contribution in [0.3, 0.4) is 0 Å². The van der Waals surface area contributed by atoms with Gasteiger partial charge in [-0.3, -0.25) is 4.79 Å². The Kier molecular flexibility index (Phi) is 7.14. The Morgan fingerprint density at radius 2 is 1.91 bits per heavy atom. The number of ether oxygens (including phenoxy) is 3. The smallest absolute Gasteiger partial charge is 0.254 e. The molecule has 1 amide bonds. The maximum absolute atomic E-state index is 14.6. The third-order valence-electron chi connectivity index (χ3n) is 6.62. The van der Waals surface area contributed by atoms with Crippen molar-refractivity contribution in [1.82, 2.24) is 10.6 Å². The summed E-state index contributed by atoms with van der Waals surface area (Å²) in [6, 6.07) is 20.4. The monoisotopic (exact) mass is 476 g/mol. The van der Waals surface area contributed by atoms with E-state index in [4.69, 9.17) is 14.2 Å². The molecule has 2 atom stereocenters. The summed E-state index contributed by atoms with van der Waals surface area (Å²) in [6.07, 6.45) is 1.58. The van der Waals surface area contributed by atoms with Crippen molar-refractivity contribution in [3.63, 3.8) is 0 Å². The second-order valence-electron chi connectivity index (χ2n) is 8.92. The van der Waals surface area contributed by atoms with Crippen LogP contribution in [-0.4, -0.2) is 38.9 Å². The molecule has 1 saturated heterocycles. The first-order chi connectivity index (χ1) is 17.2. The maximum atomic E-state index is 14.6. The highest BCUT2D eigenvalue weighted by Crippen LogP contribution is 2.36. The number of benzene rings is 3. The summed E-state index contributed by atoms with van der Waals surface area (Å²) >= 11 is 0. The van der Waals surface area contributed by atoms with Crippen molar-refractivity contribution in [3.8, 4) is 17.2 Å². The van der Waals surface area contributed by atoms with Crippen LogP contribution in [0.15, 0.2) is 66.7 Å². The summed E-state index contributed by atoms with van der Waals surface area (Å²) in [7, 11) is 0. The summed E-state index contributed by atoms with van der Waals surface area (Å²) in [5, 5.41) is 6.29. The van der Waals surface area contributed by atoms with E-state index in [1.165, 1.54) is 6.07 Å². The second-order valence-corrected chi connectivity index (χ2v) is 8.92. The first-order valence-corrected chi connectivity index (χ1v) is 12.0. The molecule has 0 bridgehead atoms. The Balaban J connectivity index is 1.24. The number of piperidine rings is 1. The Bertz CT molecular complexity index is 1170. The number of hydrogen-bond donors (Lipinski definition) is 2. The van der Waals surface area contributed by atoms with Crippen LogP contribution in [0, 0.1) is 11.7 Å². The van der Waals surface area contributed by atoms with Gasteiger partial charge in [-0.15, -0.1) is 0 Å². The lowest BCUT2D eigenvalue weighted by Gasteiger charge is -2.32. The van der Waals surface area contributed by atoms with E-state index in [-0.39, 0.29) is 30.1 Å². The standard InChI is InChI=1S/C28H29FN2O4/c29-25-8-6-20(14-24(25)28(32)31-13-10-19-4-2-1-3-5-19)23-11-12-30-16-21(23)17-33-22-7-9-26-27(15-22)35-18-34-26/h1-9,14-15,21,23,30H,10-13,16-18H2,(H,31,32)/t21-,23-/m0/s1. The van der Waals surface area contributed by atoms with Crippen LogP contribution < -0.4 is 24.8 Å². The number of carbonyl (C=O) groups excluding carboxylic acids is 1. The van der Waals surface area contributed by atoms with E-state index < -0.39 is 5.82 Å². The van der Waals surface area contributed by atoms with Crippen molar-refractivity contribution < 1.29 is 23.4 Å². The molecule has 2 aliphatic rings. The second kappa shape index (κ2) is 10.8. The molecule has 35 heavy (non-hydrogen) atoms. The summed E-state index contributed by atoms with van der Waals surface area (Å²) in [5.74, 6) is 1.56. The largest absolute Gasteiger partial charge is 0.493 e. The Hall–Kier alpha value is -3.58. The summed E-state index contributed by atoms with van der Waals surface area (Å²) in [6.45, 7) is 2.81. The summed E-state index contributed by atoms with van der Waals surface area (Å²) in [4.78, 5) is 12.8. The van der Waals surface area contributed by atoms with Gasteiger partial charge in [-0.05, 0) is 60.7 Å². The SMILES string of the molecule is O=C(NCCc1ccccc1)c1cc([C@@H]2CCNC[C@H]2COc2ccc3c(c2)OCO3)ccc1F. The zero-order valence-corrected chi connectivity index (χ0v) is 19.5. The van der Waals surface area contributed by atoms with Crippen LogP contribution in [0.25, 0.3) is 0 Å². The van der Waals surface area contributed by atoms with E-state index in [9.17, 15) is 9.18 Å². The van der Waals surface area contributed by atoms with Crippen molar-refractivity contribution in [2.24, 2.45) is 5.92 Å². The van der Waals surface area contributed by atoms with E-state index in [0.29, 0.717) is 25.3 Å². The normalized spacial score (nSPS) is 18.8. The lowest BCUT2D eigenvalue weighted by molar-refractivity contribution is 0.0950. The molecule has 2 N–H and O–H groups in total. The minimum absolute atomic E-state index is 0.0875. The molecule has 3 aromatic rings. The number of rotatable bonds is 8. The molecular formula is C28H29FN2O4. The van der Waals surface area contributed by atoms with Gasteiger partial charge in [-0.2, -0.15) is 0 Å². The van der Waals surface area contributed by atoms with Gasteiger partial charge < -0.3 is 24.8 Å². The molecule has 5 rings (SSSR count). The number of carbonyl (C=O) groups is 1. The molecule has 0 saturated carbocycles. The van der Waals surface area contributed by atoms with Crippen LogP contribution in [-0.2, 0) is 6.42 Å². The number of halogens is 1. The molecule has 0 aliphatic carbocycles. The highest BCUT2D eigenvalue weighted by molar-refractivity contribution is 5.94. The van der Waals surface area contributed by atoms with E-state index >= 15 is 0 Å². The topological polar surface area (TPSA) is 68.8 Å². The minimum Gasteiger partial charge on any atom is -0.493 e. The average molecular weight is 477 g/mol. The third-order valence-corrected chi connectivity index (χ3v) is 6.62. The molecule has 0 unspecified atom stereocenters. The third kappa shape index (κ3) is 5.57. The Labute approximate surface area is 204 Å². The molecule has 0 spiro atoms. The maximum Gasteiger partial charge on any atom is 0.254 e. The van der Waals surface area contributed by atoms with Gasteiger partial charge in [-0.25, -0.2) is 4.39 Å². The van der Waals surface area contributed by atoms with Gasteiger partial charge in [0.15, 0.2) is 11.5 Å². The quantitative estimate of drug-likeness (QED) is 0.508. The fraction of sp³-hybridized carbons (Fsp3) is 0.321. The lowest BCUT2D eigenvalue weighted by Crippen LogP contribution is -2.38. The fourth-order valence-electron chi connectivity index (χ4n) is 4.71. The minimum atomic E-state index is -0.506. The van der Waals surface area contributed by atoms with Crippen LogP contribution in [0.5, 0.6) is 17.2 Å². The zero-order valence-electron chi connectivity index (χ0n) is 19.5. The average Bonchev–Trinajstić information content (AvgIpc) is 3.37. The molecule has 7 heteroatoms. The fourth-order valence-corrected chi connectivity index (χ4v) is 4.71. The highest BCUT2D eigenvalue weighted by atomic mass is 19.1. The molecule has 6 nitrogen and oxygen atoms in total. The van der Waals surface area contributed by atoms with E-state index in [1.807, 2.05) is 48.5 Å². The summed E-state index contributed by atoms with van der Waals surface area (Å²) in [5.41, 5.74) is 2.17. The van der Waals surface area contributed by atoms with Gasteiger partial charge in [0.2, 0.25) is 6.79 Å². The predicted molar refractivity (Wildman–Crippen MR) is 131 cm³/mol. The van der Waals surface area contributed by atoms with Crippen LogP contribution in [0.1, 0.15) is 33.8 Å². The van der Waals surface area contributed by atoms with Crippen molar-refractivity contribution in [2.45, 2.75) is 18.8 Å². The van der Waals surface area contributed by atoms with Crippen LogP contribution >= 0.6 is 0 Å². The van der Waals surface area contributed by atoms with E-state index in [0.717, 1.165) is 42.1 Å². The highest BCUT2D eigenvalue weighted by Gasteiger charge is 2.28. The van der Waals surface area contributed by atoms with Crippen molar-refractivity contribution in [1.29, 1.82) is 0 Å². The van der Waals surface area contributed by atoms with Gasteiger partial charge in [0, 0.05) is 25.1 Å². The Morgan fingerprint density at radius 3 is 2.80 bits per heavy atom. The molecule has 0 aromatic heterocycles. The molecular weight excluding hydrogens is 447 g/mol. The molecule has 1 fully saturated rings. The molecule has 182 valence electrons. The van der Waals surface area contributed by atoms with E-state index in [1.54, 1.807) is 12.1 Å². The van der Waals surface area contributed by atoms with Gasteiger partial charge in [0.05, 0.1) is 12.2 Å². The molecule has 2 aliphatic heterocycles. The first-order valence-electron chi connectivity index (χ1n) is 12.0. The van der Waals surface area contributed by atoms with Crippen LogP contribution in [0.4, 0.5) is 4.39 Å². The van der Waals surface area contributed by atoms with Gasteiger partial charge >= 0.3 is 0 Å². The number of nitrogens with one attached hydrogen (secondary N) is 2.